The summed E-state index contributed by atoms with van der Waals surface area (Å²) < 4.78 is 11.3. The van der Waals surface area contributed by atoms with Crippen LogP contribution in [0.4, 0.5) is 27.8 Å². The van der Waals surface area contributed by atoms with E-state index in [1.165, 1.54) is 0 Å². The van der Waals surface area contributed by atoms with E-state index in [2.05, 4.69) is 20.5 Å². The Hall–Kier alpha value is -3.23. The van der Waals surface area contributed by atoms with Gasteiger partial charge < -0.3 is 29.9 Å². The second-order valence-corrected chi connectivity index (χ2v) is 9.43. The van der Waals surface area contributed by atoms with Gasteiger partial charge in [0.25, 0.3) is 0 Å². The number of nitrogens with zero attached hydrogens (tertiary/aromatic N) is 4. The van der Waals surface area contributed by atoms with E-state index in [-0.39, 0.29) is 18.2 Å². The molecule has 0 bridgehead atoms. The Morgan fingerprint density at radius 2 is 2.09 bits per heavy atom. The van der Waals surface area contributed by atoms with Crippen LogP contribution in [0.15, 0.2) is 30.6 Å². The van der Waals surface area contributed by atoms with Gasteiger partial charge in [0, 0.05) is 25.2 Å². The minimum absolute atomic E-state index is 0.0992. The molecule has 9 heteroatoms. The van der Waals surface area contributed by atoms with Crippen LogP contribution < -0.4 is 20.3 Å². The fourth-order valence-corrected chi connectivity index (χ4v) is 3.82. The third kappa shape index (κ3) is 5.15. The lowest BCUT2D eigenvalue weighted by atomic mass is 10.2. The molecule has 4 rings (SSSR count). The zero-order valence-corrected chi connectivity index (χ0v) is 19.4. The maximum Gasteiger partial charge on any atom is 0.410 e. The molecular formula is C23H32N6O3. The number of anilines is 4. The van der Waals surface area contributed by atoms with E-state index in [0.717, 1.165) is 29.4 Å². The van der Waals surface area contributed by atoms with E-state index in [1.807, 2.05) is 52.8 Å². The van der Waals surface area contributed by atoms with Crippen molar-refractivity contribution >= 4 is 29.1 Å². The first-order chi connectivity index (χ1) is 15.2. The predicted molar refractivity (Wildman–Crippen MR) is 125 cm³/mol. The number of carbonyl (C=O) groups excluding carboxylic acids is 1. The standard InChI is InChI=1S/C23H32N6O3/c1-15(2)31-17-6-7-18-19(10-17)29(14-25-18)21-12-24-11-20(27-21)26-16-8-9-28(13-16)22(30)32-23(3,4)5/h6-7,10-12,15-16,25H,8-9,13-14H2,1-5H3,(H,26,27)/t16-/m1/s1. The quantitative estimate of drug-likeness (QED) is 0.715. The number of nitrogens with one attached hydrogen (secondary N) is 2. The van der Waals surface area contributed by atoms with Crippen LogP contribution >= 0.6 is 0 Å². The Bertz CT molecular complexity index is 974. The third-order valence-electron chi connectivity index (χ3n) is 5.15. The highest BCUT2D eigenvalue weighted by molar-refractivity contribution is 5.81. The van der Waals surface area contributed by atoms with Gasteiger partial charge in [-0.1, -0.05) is 0 Å². The number of rotatable bonds is 5. The van der Waals surface area contributed by atoms with E-state index < -0.39 is 5.60 Å². The molecule has 2 aliphatic heterocycles. The summed E-state index contributed by atoms with van der Waals surface area (Å²) in [6.07, 6.45) is 4.12. The highest BCUT2D eigenvalue weighted by atomic mass is 16.6. The molecular weight excluding hydrogens is 408 g/mol. The van der Waals surface area contributed by atoms with Crippen molar-refractivity contribution < 1.29 is 14.3 Å². The largest absolute Gasteiger partial charge is 0.491 e. The molecule has 2 aromatic rings. The van der Waals surface area contributed by atoms with Gasteiger partial charge in [0.2, 0.25) is 0 Å². The van der Waals surface area contributed by atoms with Crippen molar-refractivity contribution in [3.05, 3.63) is 30.6 Å². The second-order valence-electron chi connectivity index (χ2n) is 9.43. The molecule has 1 atom stereocenters. The maximum atomic E-state index is 12.3. The zero-order valence-electron chi connectivity index (χ0n) is 19.4. The topological polar surface area (TPSA) is 91.9 Å². The molecule has 2 N–H and O–H groups in total. The molecule has 0 aliphatic carbocycles. The number of ether oxygens (including phenoxy) is 2. The molecule has 0 radical (unpaired) electrons. The Labute approximate surface area is 189 Å². The Morgan fingerprint density at radius 1 is 1.28 bits per heavy atom. The van der Waals surface area contributed by atoms with E-state index in [0.29, 0.717) is 25.6 Å². The van der Waals surface area contributed by atoms with E-state index in [4.69, 9.17) is 14.5 Å². The number of hydrogen-bond acceptors (Lipinski definition) is 8. The first kappa shape index (κ1) is 22.0. The minimum atomic E-state index is -0.497. The van der Waals surface area contributed by atoms with Crippen LogP contribution in [0.25, 0.3) is 0 Å². The molecule has 1 saturated heterocycles. The lowest BCUT2D eigenvalue weighted by Crippen LogP contribution is -2.36. The molecule has 0 spiro atoms. The molecule has 1 aromatic carbocycles. The first-order valence-corrected chi connectivity index (χ1v) is 11.1. The van der Waals surface area contributed by atoms with Gasteiger partial charge in [-0.05, 0) is 53.2 Å². The molecule has 9 nitrogen and oxygen atoms in total. The summed E-state index contributed by atoms with van der Waals surface area (Å²) >= 11 is 0. The highest BCUT2D eigenvalue weighted by Crippen LogP contribution is 2.38. The molecule has 3 heterocycles. The van der Waals surface area contributed by atoms with Gasteiger partial charge in [-0.2, -0.15) is 0 Å². The predicted octanol–water partition coefficient (Wildman–Crippen LogP) is 4.21. The number of fused-ring (bicyclic) bond motifs is 1. The highest BCUT2D eigenvalue weighted by Gasteiger charge is 2.30. The number of carbonyl (C=O) groups is 1. The van der Waals surface area contributed by atoms with Gasteiger partial charge >= 0.3 is 6.09 Å². The lowest BCUT2D eigenvalue weighted by Gasteiger charge is -2.24. The van der Waals surface area contributed by atoms with E-state index in [1.54, 1.807) is 17.3 Å². The number of hydrogen-bond donors (Lipinski definition) is 2. The van der Waals surface area contributed by atoms with Gasteiger partial charge in [0.15, 0.2) is 5.82 Å². The molecule has 1 amide bonds. The van der Waals surface area contributed by atoms with Gasteiger partial charge in [-0.15, -0.1) is 0 Å². The van der Waals surface area contributed by atoms with Crippen LogP contribution in [-0.2, 0) is 4.74 Å². The average molecular weight is 441 g/mol. The summed E-state index contributed by atoms with van der Waals surface area (Å²) in [7, 11) is 0. The molecule has 1 fully saturated rings. The average Bonchev–Trinajstić information content (AvgIpc) is 3.33. The second kappa shape index (κ2) is 8.72. The Balaban J connectivity index is 1.43. The minimum Gasteiger partial charge on any atom is -0.491 e. The van der Waals surface area contributed by atoms with Crippen LogP contribution in [-0.4, -0.2) is 58.5 Å². The molecule has 1 aromatic heterocycles. The van der Waals surface area contributed by atoms with Crippen molar-refractivity contribution in [1.29, 1.82) is 0 Å². The monoisotopic (exact) mass is 440 g/mol. The van der Waals surface area contributed by atoms with Crippen molar-refractivity contribution in [3.8, 4) is 5.75 Å². The maximum absolute atomic E-state index is 12.3. The zero-order chi connectivity index (χ0) is 22.9. The lowest BCUT2D eigenvalue weighted by molar-refractivity contribution is 0.0293. The molecule has 172 valence electrons. The van der Waals surface area contributed by atoms with Gasteiger partial charge in [0.1, 0.15) is 17.2 Å². The summed E-state index contributed by atoms with van der Waals surface area (Å²) in [5.41, 5.74) is 1.54. The van der Waals surface area contributed by atoms with Crippen molar-refractivity contribution in [2.45, 2.75) is 58.8 Å². The summed E-state index contributed by atoms with van der Waals surface area (Å²) in [5, 5.41) is 6.80. The third-order valence-corrected chi connectivity index (χ3v) is 5.15. The van der Waals surface area contributed by atoms with Crippen LogP contribution in [0.5, 0.6) is 5.75 Å². The van der Waals surface area contributed by atoms with Crippen molar-refractivity contribution in [2.24, 2.45) is 0 Å². The number of aromatic nitrogens is 2. The molecule has 32 heavy (non-hydrogen) atoms. The van der Waals surface area contributed by atoms with Crippen LogP contribution in [0, 0.1) is 0 Å². The van der Waals surface area contributed by atoms with Crippen molar-refractivity contribution in [2.75, 3.05) is 35.3 Å². The SMILES string of the molecule is CC(C)Oc1ccc2c(c1)N(c1cncc(N[C@@H]3CCN(C(=O)OC(C)(C)C)C3)n1)CN2. The number of likely N-dealkylation sites (tertiary alicyclic amines) is 1. The van der Waals surface area contributed by atoms with Gasteiger partial charge in [0.05, 0.1) is 36.5 Å². The smallest absolute Gasteiger partial charge is 0.410 e. The van der Waals surface area contributed by atoms with E-state index >= 15 is 0 Å². The van der Waals surface area contributed by atoms with Gasteiger partial charge in [-0.3, -0.25) is 4.98 Å². The summed E-state index contributed by atoms with van der Waals surface area (Å²) in [5.74, 6) is 2.24. The number of amides is 1. The first-order valence-electron chi connectivity index (χ1n) is 11.1. The normalized spacial score (nSPS) is 17.9. The molecule has 0 saturated carbocycles. The molecule has 0 unspecified atom stereocenters. The van der Waals surface area contributed by atoms with Crippen molar-refractivity contribution in [1.82, 2.24) is 14.9 Å². The summed E-state index contributed by atoms with van der Waals surface area (Å²) in [6.45, 7) is 11.5. The fraction of sp³-hybridized carbons (Fsp3) is 0.522. The molecule has 2 aliphatic rings. The Kier molecular flexibility index (Phi) is 5.99. The van der Waals surface area contributed by atoms with Crippen molar-refractivity contribution in [3.63, 3.8) is 0 Å². The number of benzene rings is 1. The van der Waals surface area contributed by atoms with Crippen LogP contribution in [0.2, 0.25) is 0 Å². The summed E-state index contributed by atoms with van der Waals surface area (Å²) in [4.78, 5) is 25.3. The van der Waals surface area contributed by atoms with Crippen LogP contribution in [0.3, 0.4) is 0 Å². The fourth-order valence-electron chi connectivity index (χ4n) is 3.82. The van der Waals surface area contributed by atoms with Crippen LogP contribution in [0.1, 0.15) is 41.0 Å². The summed E-state index contributed by atoms with van der Waals surface area (Å²) in [6, 6.07) is 6.11. The Morgan fingerprint density at radius 3 is 2.84 bits per heavy atom. The van der Waals surface area contributed by atoms with Gasteiger partial charge in [-0.25, -0.2) is 9.78 Å². The van der Waals surface area contributed by atoms with E-state index in [9.17, 15) is 4.79 Å².